The highest BCUT2D eigenvalue weighted by atomic mass is 16.2. The summed E-state index contributed by atoms with van der Waals surface area (Å²) in [6, 6.07) is 6.50. The highest BCUT2D eigenvalue weighted by Gasteiger charge is 2.25. The van der Waals surface area contributed by atoms with Crippen LogP contribution in [-0.4, -0.2) is 65.3 Å². The molecular formula is C19H27N3O2. The third kappa shape index (κ3) is 3.46. The predicted molar refractivity (Wildman–Crippen MR) is 93.8 cm³/mol. The van der Waals surface area contributed by atoms with Gasteiger partial charge in [-0.3, -0.25) is 14.5 Å². The first kappa shape index (κ1) is 17.0. The van der Waals surface area contributed by atoms with Gasteiger partial charge in [0.25, 0.3) is 5.91 Å². The van der Waals surface area contributed by atoms with Crippen LogP contribution in [0.2, 0.25) is 0 Å². The Balaban J connectivity index is 1.68. The smallest absolute Gasteiger partial charge is 0.253 e. The molecule has 0 aromatic heterocycles. The Morgan fingerprint density at radius 3 is 2.29 bits per heavy atom. The molecule has 0 saturated carbocycles. The highest BCUT2D eigenvalue weighted by molar-refractivity contribution is 5.94. The summed E-state index contributed by atoms with van der Waals surface area (Å²) in [6.07, 6.45) is 0.831. The van der Waals surface area contributed by atoms with Gasteiger partial charge in [0.1, 0.15) is 0 Å². The Bertz CT molecular complexity index is 633. The van der Waals surface area contributed by atoms with Crippen molar-refractivity contribution in [3.8, 4) is 0 Å². The molecule has 0 atom stereocenters. The molecule has 24 heavy (non-hydrogen) atoms. The average molecular weight is 329 g/mol. The van der Waals surface area contributed by atoms with Crippen LogP contribution in [0.15, 0.2) is 18.2 Å². The van der Waals surface area contributed by atoms with Crippen molar-refractivity contribution in [2.24, 2.45) is 0 Å². The van der Waals surface area contributed by atoms with Crippen LogP contribution in [0.1, 0.15) is 42.3 Å². The molecule has 5 nitrogen and oxygen atoms in total. The van der Waals surface area contributed by atoms with Crippen molar-refractivity contribution in [1.82, 2.24) is 14.7 Å². The Morgan fingerprint density at radius 1 is 0.958 bits per heavy atom. The number of benzene rings is 1. The standard InChI is InChI=1S/C19H27N3O2/c1-14(2)20-8-10-21(11-9-20)19(24)17-4-5-18-13-22(15(3)23)7-6-16(18)12-17/h4-5,12,14H,6-11,13H2,1-3H3. The molecule has 2 amide bonds. The van der Waals surface area contributed by atoms with Gasteiger partial charge in [0.05, 0.1) is 0 Å². The fraction of sp³-hybridized carbons (Fsp3) is 0.579. The lowest BCUT2D eigenvalue weighted by atomic mass is 9.96. The number of fused-ring (bicyclic) bond motifs is 1. The summed E-state index contributed by atoms with van der Waals surface area (Å²) < 4.78 is 0. The Kier molecular flexibility index (Phi) is 4.90. The number of carbonyl (C=O) groups excluding carboxylic acids is 2. The predicted octanol–water partition coefficient (Wildman–Crippen LogP) is 1.76. The summed E-state index contributed by atoms with van der Waals surface area (Å²) in [5.74, 6) is 0.249. The van der Waals surface area contributed by atoms with E-state index in [1.165, 1.54) is 5.56 Å². The van der Waals surface area contributed by atoms with E-state index in [0.29, 0.717) is 12.6 Å². The van der Waals surface area contributed by atoms with Gasteiger partial charge in [0, 0.05) is 57.8 Å². The molecule has 1 aromatic rings. The number of hydrogen-bond acceptors (Lipinski definition) is 3. The largest absolute Gasteiger partial charge is 0.338 e. The van der Waals surface area contributed by atoms with Gasteiger partial charge in [-0.1, -0.05) is 6.07 Å². The minimum atomic E-state index is 0.115. The molecule has 2 aliphatic rings. The zero-order valence-electron chi connectivity index (χ0n) is 14.9. The lowest BCUT2D eigenvalue weighted by Crippen LogP contribution is -2.50. The van der Waals surface area contributed by atoms with Gasteiger partial charge < -0.3 is 9.80 Å². The van der Waals surface area contributed by atoms with E-state index in [2.05, 4.69) is 18.7 Å². The number of hydrogen-bond donors (Lipinski definition) is 0. The van der Waals surface area contributed by atoms with Crippen molar-refractivity contribution >= 4 is 11.8 Å². The Hall–Kier alpha value is -1.88. The van der Waals surface area contributed by atoms with E-state index in [1.807, 2.05) is 28.0 Å². The van der Waals surface area contributed by atoms with Gasteiger partial charge in [-0.15, -0.1) is 0 Å². The monoisotopic (exact) mass is 329 g/mol. The van der Waals surface area contributed by atoms with Crippen molar-refractivity contribution < 1.29 is 9.59 Å². The van der Waals surface area contributed by atoms with Gasteiger partial charge in [-0.2, -0.15) is 0 Å². The van der Waals surface area contributed by atoms with Crippen molar-refractivity contribution in [1.29, 1.82) is 0 Å². The molecule has 0 unspecified atom stereocenters. The van der Waals surface area contributed by atoms with E-state index in [9.17, 15) is 9.59 Å². The van der Waals surface area contributed by atoms with Crippen LogP contribution in [0.4, 0.5) is 0 Å². The van der Waals surface area contributed by atoms with Gasteiger partial charge in [0.15, 0.2) is 0 Å². The van der Waals surface area contributed by atoms with Gasteiger partial charge in [-0.25, -0.2) is 0 Å². The minimum Gasteiger partial charge on any atom is -0.338 e. The topological polar surface area (TPSA) is 43.9 Å². The zero-order valence-corrected chi connectivity index (χ0v) is 14.9. The number of carbonyl (C=O) groups is 2. The van der Waals surface area contributed by atoms with Crippen molar-refractivity contribution in [3.63, 3.8) is 0 Å². The molecule has 0 radical (unpaired) electrons. The normalized spacial score (nSPS) is 18.7. The molecule has 0 bridgehead atoms. The molecule has 2 aliphatic heterocycles. The SMILES string of the molecule is CC(=O)N1CCc2cc(C(=O)N3CCN(C(C)C)CC3)ccc2C1. The third-order valence-corrected chi connectivity index (χ3v) is 5.24. The second kappa shape index (κ2) is 6.93. The van der Waals surface area contributed by atoms with Crippen LogP contribution in [0.25, 0.3) is 0 Å². The van der Waals surface area contributed by atoms with Crippen molar-refractivity contribution in [2.45, 2.75) is 39.8 Å². The zero-order chi connectivity index (χ0) is 17.3. The van der Waals surface area contributed by atoms with Crippen LogP contribution in [0.3, 0.4) is 0 Å². The van der Waals surface area contributed by atoms with E-state index < -0.39 is 0 Å². The minimum absolute atomic E-state index is 0.115. The molecule has 1 fully saturated rings. The van der Waals surface area contributed by atoms with Crippen LogP contribution < -0.4 is 0 Å². The van der Waals surface area contributed by atoms with Crippen molar-refractivity contribution in [3.05, 3.63) is 34.9 Å². The van der Waals surface area contributed by atoms with Crippen molar-refractivity contribution in [2.75, 3.05) is 32.7 Å². The first-order valence-electron chi connectivity index (χ1n) is 8.86. The fourth-order valence-electron chi connectivity index (χ4n) is 3.58. The lowest BCUT2D eigenvalue weighted by molar-refractivity contribution is -0.129. The maximum Gasteiger partial charge on any atom is 0.253 e. The summed E-state index contributed by atoms with van der Waals surface area (Å²) in [4.78, 5) is 30.5. The first-order chi connectivity index (χ1) is 11.5. The average Bonchev–Trinajstić information content (AvgIpc) is 2.60. The van der Waals surface area contributed by atoms with Crippen LogP contribution in [-0.2, 0) is 17.8 Å². The summed E-state index contributed by atoms with van der Waals surface area (Å²) in [5.41, 5.74) is 3.15. The maximum absolute atomic E-state index is 12.8. The quantitative estimate of drug-likeness (QED) is 0.830. The molecule has 1 aromatic carbocycles. The van der Waals surface area contributed by atoms with E-state index in [4.69, 9.17) is 0 Å². The van der Waals surface area contributed by atoms with Gasteiger partial charge in [-0.05, 0) is 43.5 Å². The second-order valence-electron chi connectivity index (χ2n) is 7.10. The molecule has 5 heteroatoms. The van der Waals surface area contributed by atoms with Gasteiger partial charge >= 0.3 is 0 Å². The Morgan fingerprint density at radius 2 is 1.67 bits per heavy atom. The van der Waals surface area contributed by atoms with E-state index in [0.717, 1.165) is 50.3 Å². The number of nitrogens with zero attached hydrogens (tertiary/aromatic N) is 3. The molecule has 0 spiro atoms. The van der Waals surface area contributed by atoms with Crippen LogP contribution in [0.5, 0.6) is 0 Å². The molecule has 3 rings (SSSR count). The lowest BCUT2D eigenvalue weighted by Gasteiger charge is -2.37. The molecule has 1 saturated heterocycles. The summed E-state index contributed by atoms with van der Waals surface area (Å²) in [7, 11) is 0. The highest BCUT2D eigenvalue weighted by Crippen LogP contribution is 2.21. The molecule has 0 aliphatic carbocycles. The van der Waals surface area contributed by atoms with Gasteiger partial charge in [0.2, 0.25) is 5.91 Å². The Labute approximate surface area is 144 Å². The third-order valence-electron chi connectivity index (χ3n) is 5.24. The van der Waals surface area contributed by atoms with Crippen LogP contribution in [0, 0.1) is 0 Å². The maximum atomic E-state index is 12.8. The fourth-order valence-corrected chi connectivity index (χ4v) is 3.58. The molecule has 2 heterocycles. The molecule has 130 valence electrons. The van der Waals surface area contributed by atoms with Crippen LogP contribution >= 0.6 is 0 Å². The molecule has 0 N–H and O–H groups in total. The summed E-state index contributed by atoms with van der Waals surface area (Å²) in [6.45, 7) is 10.9. The number of rotatable bonds is 2. The van der Waals surface area contributed by atoms with E-state index >= 15 is 0 Å². The van der Waals surface area contributed by atoms with E-state index in [1.54, 1.807) is 6.92 Å². The molecular weight excluding hydrogens is 302 g/mol. The summed E-state index contributed by atoms with van der Waals surface area (Å²) >= 11 is 0. The number of amides is 2. The first-order valence-corrected chi connectivity index (χ1v) is 8.86. The second-order valence-corrected chi connectivity index (χ2v) is 7.10. The number of piperazine rings is 1. The van der Waals surface area contributed by atoms with E-state index in [-0.39, 0.29) is 11.8 Å². The summed E-state index contributed by atoms with van der Waals surface area (Å²) in [5, 5.41) is 0.